The number of likely N-dealkylation sites (tertiary alicyclic amines) is 1. The fourth-order valence-electron chi connectivity index (χ4n) is 3.76. The van der Waals surface area contributed by atoms with Crippen molar-refractivity contribution in [3.63, 3.8) is 0 Å². The molecule has 6 nitrogen and oxygen atoms in total. The van der Waals surface area contributed by atoms with Gasteiger partial charge in [0.05, 0.1) is 12.7 Å². The highest BCUT2D eigenvalue weighted by Crippen LogP contribution is 2.33. The molecule has 1 N–H and O–H groups in total. The Bertz CT molecular complexity index is 526. The lowest BCUT2D eigenvalue weighted by atomic mass is 9.79. The molecule has 6 heteroatoms. The van der Waals surface area contributed by atoms with Crippen molar-refractivity contribution in [2.24, 2.45) is 11.8 Å². The van der Waals surface area contributed by atoms with E-state index in [1.807, 2.05) is 12.1 Å². The lowest BCUT2D eigenvalue weighted by molar-refractivity contribution is -0.142. The lowest BCUT2D eigenvalue weighted by Crippen LogP contribution is -2.53. The summed E-state index contributed by atoms with van der Waals surface area (Å²) in [5.74, 6) is 0.453. The molecule has 2 saturated heterocycles. The summed E-state index contributed by atoms with van der Waals surface area (Å²) in [5.41, 5.74) is 1.03. The van der Waals surface area contributed by atoms with Crippen molar-refractivity contribution >= 4 is 5.91 Å². The first-order valence-corrected chi connectivity index (χ1v) is 8.77. The zero-order valence-corrected chi connectivity index (χ0v) is 14.3. The van der Waals surface area contributed by atoms with Crippen LogP contribution in [0.3, 0.4) is 0 Å². The minimum absolute atomic E-state index is 0.0331. The number of aromatic nitrogens is 1. The van der Waals surface area contributed by atoms with E-state index in [1.54, 1.807) is 19.5 Å². The van der Waals surface area contributed by atoms with Crippen molar-refractivity contribution in [2.45, 2.75) is 25.5 Å². The highest BCUT2D eigenvalue weighted by Gasteiger charge is 2.41. The van der Waals surface area contributed by atoms with Crippen LogP contribution in [-0.2, 0) is 20.8 Å². The van der Waals surface area contributed by atoms with Gasteiger partial charge in [-0.2, -0.15) is 0 Å². The van der Waals surface area contributed by atoms with Crippen molar-refractivity contribution in [1.82, 2.24) is 15.2 Å². The van der Waals surface area contributed by atoms with Crippen LogP contribution in [0, 0.1) is 11.8 Å². The molecule has 0 spiro atoms. The van der Waals surface area contributed by atoms with E-state index in [2.05, 4.69) is 15.2 Å². The van der Waals surface area contributed by atoms with Gasteiger partial charge in [0.1, 0.15) is 0 Å². The van der Waals surface area contributed by atoms with E-state index in [-0.39, 0.29) is 23.8 Å². The van der Waals surface area contributed by atoms with Gasteiger partial charge in [-0.05, 0) is 24.5 Å². The SMILES string of the molecule is COCCN1CC[C@H]2OCC[C@@H](C(=O)NCc3cccnc3)[C@@H]2C1. The van der Waals surface area contributed by atoms with E-state index in [0.29, 0.717) is 13.2 Å². The molecule has 0 bridgehead atoms. The fraction of sp³-hybridized carbons (Fsp3) is 0.667. The maximum Gasteiger partial charge on any atom is 0.223 e. The molecule has 2 fully saturated rings. The van der Waals surface area contributed by atoms with Crippen LogP contribution in [0.1, 0.15) is 18.4 Å². The number of hydrogen-bond acceptors (Lipinski definition) is 5. The van der Waals surface area contributed by atoms with Crippen LogP contribution >= 0.6 is 0 Å². The third-order valence-corrected chi connectivity index (χ3v) is 5.09. The van der Waals surface area contributed by atoms with E-state index in [4.69, 9.17) is 9.47 Å². The zero-order valence-electron chi connectivity index (χ0n) is 14.3. The third-order valence-electron chi connectivity index (χ3n) is 5.09. The topological polar surface area (TPSA) is 63.7 Å². The predicted molar refractivity (Wildman–Crippen MR) is 90.4 cm³/mol. The number of hydrogen-bond donors (Lipinski definition) is 1. The number of amides is 1. The first-order chi connectivity index (χ1) is 11.8. The van der Waals surface area contributed by atoms with Crippen LogP contribution in [0.15, 0.2) is 24.5 Å². The first kappa shape index (κ1) is 17.3. The number of ether oxygens (including phenoxy) is 2. The third kappa shape index (κ3) is 4.32. The second kappa shape index (κ2) is 8.55. The van der Waals surface area contributed by atoms with Crippen LogP contribution in [0.5, 0.6) is 0 Å². The standard InChI is InChI=1S/C18H27N3O3/c1-23-10-8-21-7-4-17-16(13-21)15(5-9-24-17)18(22)20-12-14-3-2-6-19-11-14/h2-3,6,11,15-17H,4-5,7-10,12-13H2,1H3,(H,20,22)/t15-,16+,17-/m1/s1. The molecule has 0 radical (unpaired) electrons. The van der Waals surface area contributed by atoms with E-state index in [1.165, 1.54) is 0 Å². The highest BCUT2D eigenvalue weighted by atomic mass is 16.5. The number of pyridine rings is 1. The maximum atomic E-state index is 12.7. The Morgan fingerprint density at radius 1 is 1.50 bits per heavy atom. The Hall–Kier alpha value is -1.50. The Balaban J connectivity index is 1.57. The molecule has 2 aliphatic heterocycles. The van der Waals surface area contributed by atoms with Gasteiger partial charge in [0.15, 0.2) is 0 Å². The second-order valence-electron chi connectivity index (χ2n) is 6.63. The molecule has 3 heterocycles. The Morgan fingerprint density at radius 3 is 3.21 bits per heavy atom. The Labute approximate surface area is 143 Å². The van der Waals surface area contributed by atoms with Gasteiger partial charge in [-0.15, -0.1) is 0 Å². The summed E-state index contributed by atoms with van der Waals surface area (Å²) >= 11 is 0. The predicted octanol–water partition coefficient (Wildman–Crippen LogP) is 1.07. The number of carbonyl (C=O) groups is 1. The molecule has 0 unspecified atom stereocenters. The number of piperidine rings is 1. The monoisotopic (exact) mass is 333 g/mol. The molecule has 0 aliphatic carbocycles. The number of carbonyl (C=O) groups excluding carboxylic acids is 1. The van der Waals surface area contributed by atoms with Crippen molar-refractivity contribution in [3.8, 4) is 0 Å². The molecule has 2 aliphatic rings. The summed E-state index contributed by atoms with van der Waals surface area (Å²) < 4.78 is 11.1. The van der Waals surface area contributed by atoms with E-state index >= 15 is 0 Å². The molecule has 1 aromatic heterocycles. The normalized spacial score (nSPS) is 27.5. The van der Waals surface area contributed by atoms with Gasteiger partial charge in [0, 0.05) is 64.1 Å². The first-order valence-electron chi connectivity index (χ1n) is 8.77. The smallest absolute Gasteiger partial charge is 0.223 e. The quantitative estimate of drug-likeness (QED) is 0.844. The largest absolute Gasteiger partial charge is 0.383 e. The van der Waals surface area contributed by atoms with Gasteiger partial charge in [-0.1, -0.05) is 6.07 Å². The summed E-state index contributed by atoms with van der Waals surface area (Å²) in [5, 5.41) is 3.08. The lowest BCUT2D eigenvalue weighted by Gasteiger charge is -2.44. The minimum Gasteiger partial charge on any atom is -0.383 e. The van der Waals surface area contributed by atoms with Crippen LogP contribution in [0.4, 0.5) is 0 Å². The summed E-state index contributed by atoms with van der Waals surface area (Å²) in [7, 11) is 1.73. The number of nitrogens with one attached hydrogen (secondary N) is 1. The van der Waals surface area contributed by atoms with Gasteiger partial charge < -0.3 is 19.7 Å². The van der Waals surface area contributed by atoms with Gasteiger partial charge in [-0.25, -0.2) is 0 Å². The van der Waals surface area contributed by atoms with Crippen molar-refractivity contribution in [2.75, 3.05) is 40.0 Å². The average molecular weight is 333 g/mol. The van der Waals surface area contributed by atoms with Crippen LogP contribution in [0.2, 0.25) is 0 Å². The van der Waals surface area contributed by atoms with Gasteiger partial charge >= 0.3 is 0 Å². The van der Waals surface area contributed by atoms with E-state index in [9.17, 15) is 4.79 Å². The molecule has 132 valence electrons. The molecule has 1 aromatic rings. The van der Waals surface area contributed by atoms with Gasteiger partial charge in [0.25, 0.3) is 0 Å². The van der Waals surface area contributed by atoms with E-state index < -0.39 is 0 Å². The molecule has 3 atom stereocenters. The van der Waals surface area contributed by atoms with E-state index in [0.717, 1.165) is 44.6 Å². The second-order valence-corrected chi connectivity index (χ2v) is 6.63. The van der Waals surface area contributed by atoms with Crippen LogP contribution < -0.4 is 5.32 Å². The number of methoxy groups -OCH3 is 1. The highest BCUT2D eigenvalue weighted by molar-refractivity contribution is 5.79. The molecule has 1 amide bonds. The summed E-state index contributed by atoms with van der Waals surface area (Å²) in [6.45, 7) is 4.81. The molecule has 3 rings (SSSR count). The molecular weight excluding hydrogens is 306 g/mol. The summed E-state index contributed by atoms with van der Waals surface area (Å²) in [6.07, 6.45) is 5.55. The Morgan fingerprint density at radius 2 is 2.42 bits per heavy atom. The maximum absolute atomic E-state index is 12.7. The molecule has 0 aromatic carbocycles. The molecule has 24 heavy (non-hydrogen) atoms. The number of nitrogens with zero attached hydrogens (tertiary/aromatic N) is 2. The number of rotatable bonds is 6. The minimum atomic E-state index is 0.0331. The number of fused-ring (bicyclic) bond motifs is 1. The van der Waals surface area contributed by atoms with Crippen LogP contribution in [0.25, 0.3) is 0 Å². The average Bonchev–Trinajstić information content (AvgIpc) is 2.64. The van der Waals surface area contributed by atoms with Crippen molar-refractivity contribution in [3.05, 3.63) is 30.1 Å². The van der Waals surface area contributed by atoms with Crippen LogP contribution in [-0.4, -0.2) is 61.9 Å². The summed E-state index contributed by atoms with van der Waals surface area (Å²) in [6, 6.07) is 3.87. The van der Waals surface area contributed by atoms with Crippen molar-refractivity contribution in [1.29, 1.82) is 0 Å². The van der Waals surface area contributed by atoms with Gasteiger partial charge in [-0.3, -0.25) is 9.78 Å². The summed E-state index contributed by atoms with van der Waals surface area (Å²) in [4.78, 5) is 19.2. The zero-order chi connectivity index (χ0) is 16.8. The Kier molecular flexibility index (Phi) is 6.18. The fourth-order valence-corrected chi connectivity index (χ4v) is 3.76. The van der Waals surface area contributed by atoms with Crippen molar-refractivity contribution < 1.29 is 14.3 Å². The molecular formula is C18H27N3O3. The molecule has 0 saturated carbocycles. The van der Waals surface area contributed by atoms with Gasteiger partial charge in [0.2, 0.25) is 5.91 Å².